The minimum absolute atomic E-state index is 0.568. The number of thiocarbonyl (C=S) groups is 1. The topological polar surface area (TPSA) is 46.2 Å². The van der Waals surface area contributed by atoms with Crippen molar-refractivity contribution in [3.05, 3.63) is 53.7 Å². The standard InChI is InChI=1S/C15H17N3OS/c1-11-4-3-5-12(8-11)9-17-15(20)18-13-6-7-14(19-2)16-10-13/h3-8,10H,9H2,1-2H3,(H2,17,18,20). The minimum atomic E-state index is 0.568. The molecule has 0 unspecified atom stereocenters. The van der Waals surface area contributed by atoms with Crippen molar-refractivity contribution in [3.63, 3.8) is 0 Å². The third kappa shape index (κ3) is 4.20. The van der Waals surface area contributed by atoms with E-state index in [1.807, 2.05) is 12.1 Å². The Morgan fingerprint density at radius 2 is 2.15 bits per heavy atom. The van der Waals surface area contributed by atoms with Gasteiger partial charge in [-0.05, 0) is 30.8 Å². The molecule has 1 heterocycles. The molecule has 5 heteroatoms. The highest BCUT2D eigenvalue weighted by atomic mass is 32.1. The third-order valence-electron chi connectivity index (χ3n) is 2.74. The van der Waals surface area contributed by atoms with E-state index in [1.54, 1.807) is 19.4 Å². The Balaban J connectivity index is 1.85. The van der Waals surface area contributed by atoms with Gasteiger partial charge in [0.1, 0.15) is 0 Å². The molecule has 2 aromatic rings. The molecule has 0 bridgehead atoms. The molecule has 0 fully saturated rings. The number of hydrogen-bond acceptors (Lipinski definition) is 3. The molecule has 1 aromatic carbocycles. The maximum absolute atomic E-state index is 5.25. The van der Waals surface area contributed by atoms with Crippen LogP contribution >= 0.6 is 12.2 Å². The van der Waals surface area contributed by atoms with Gasteiger partial charge in [-0.25, -0.2) is 4.98 Å². The van der Waals surface area contributed by atoms with E-state index < -0.39 is 0 Å². The molecule has 0 spiro atoms. The van der Waals surface area contributed by atoms with Crippen molar-refractivity contribution >= 4 is 23.0 Å². The number of methoxy groups -OCH3 is 1. The summed E-state index contributed by atoms with van der Waals surface area (Å²) in [6.07, 6.45) is 1.68. The van der Waals surface area contributed by atoms with Crippen LogP contribution in [0.3, 0.4) is 0 Å². The molecule has 0 amide bonds. The highest BCUT2D eigenvalue weighted by Gasteiger charge is 1.99. The zero-order chi connectivity index (χ0) is 14.4. The summed E-state index contributed by atoms with van der Waals surface area (Å²) in [6.45, 7) is 2.76. The highest BCUT2D eigenvalue weighted by molar-refractivity contribution is 7.80. The molecule has 2 rings (SSSR count). The molecule has 0 saturated carbocycles. The average molecular weight is 287 g/mol. The number of ether oxygens (including phenoxy) is 1. The van der Waals surface area contributed by atoms with Crippen LogP contribution in [0.5, 0.6) is 5.88 Å². The molecular weight excluding hydrogens is 270 g/mol. The van der Waals surface area contributed by atoms with E-state index in [1.165, 1.54) is 11.1 Å². The fourth-order valence-corrected chi connectivity index (χ4v) is 1.94. The van der Waals surface area contributed by atoms with Gasteiger partial charge in [-0.2, -0.15) is 0 Å². The molecule has 4 nitrogen and oxygen atoms in total. The van der Waals surface area contributed by atoms with Gasteiger partial charge in [0.05, 0.1) is 19.0 Å². The Morgan fingerprint density at radius 3 is 2.80 bits per heavy atom. The van der Waals surface area contributed by atoms with Crippen molar-refractivity contribution in [1.82, 2.24) is 10.3 Å². The second kappa shape index (κ2) is 6.86. The lowest BCUT2D eigenvalue weighted by atomic mass is 10.1. The Bertz CT molecular complexity index is 584. The quantitative estimate of drug-likeness (QED) is 0.847. The summed E-state index contributed by atoms with van der Waals surface area (Å²) < 4.78 is 5.00. The van der Waals surface area contributed by atoms with E-state index >= 15 is 0 Å². The second-order valence-corrected chi connectivity index (χ2v) is 4.79. The number of rotatable bonds is 4. The summed E-state index contributed by atoms with van der Waals surface area (Å²) in [6, 6.07) is 12.0. The van der Waals surface area contributed by atoms with Gasteiger partial charge in [0, 0.05) is 12.6 Å². The van der Waals surface area contributed by atoms with Gasteiger partial charge in [-0.15, -0.1) is 0 Å². The smallest absolute Gasteiger partial charge is 0.213 e. The summed E-state index contributed by atoms with van der Waals surface area (Å²) in [5.74, 6) is 0.578. The zero-order valence-corrected chi connectivity index (χ0v) is 12.3. The fraction of sp³-hybridized carbons (Fsp3) is 0.200. The van der Waals surface area contributed by atoms with Gasteiger partial charge >= 0.3 is 0 Å². The number of anilines is 1. The monoisotopic (exact) mass is 287 g/mol. The number of nitrogens with one attached hydrogen (secondary N) is 2. The number of aromatic nitrogens is 1. The molecule has 0 radical (unpaired) electrons. The van der Waals surface area contributed by atoms with Gasteiger partial charge in [-0.1, -0.05) is 29.8 Å². The largest absolute Gasteiger partial charge is 0.481 e. The third-order valence-corrected chi connectivity index (χ3v) is 2.99. The lowest BCUT2D eigenvalue weighted by Gasteiger charge is -2.11. The minimum Gasteiger partial charge on any atom is -0.481 e. The molecule has 0 aliphatic rings. The van der Waals surface area contributed by atoms with Crippen molar-refractivity contribution < 1.29 is 4.74 Å². The van der Waals surface area contributed by atoms with Crippen LogP contribution in [0.1, 0.15) is 11.1 Å². The Hall–Kier alpha value is -2.14. The summed E-state index contributed by atoms with van der Waals surface area (Å²) in [5.41, 5.74) is 3.26. The highest BCUT2D eigenvalue weighted by Crippen LogP contribution is 2.10. The van der Waals surface area contributed by atoms with Gasteiger partial charge in [0.25, 0.3) is 0 Å². The molecule has 2 N–H and O–H groups in total. The Morgan fingerprint density at radius 1 is 1.30 bits per heavy atom. The van der Waals surface area contributed by atoms with Gasteiger partial charge < -0.3 is 15.4 Å². The second-order valence-electron chi connectivity index (χ2n) is 4.39. The lowest BCUT2D eigenvalue weighted by Crippen LogP contribution is -2.27. The van der Waals surface area contributed by atoms with Crippen molar-refractivity contribution in [1.29, 1.82) is 0 Å². The molecular formula is C15H17N3OS. The number of benzene rings is 1. The van der Waals surface area contributed by atoms with Crippen molar-refractivity contribution in [3.8, 4) is 5.88 Å². The summed E-state index contributed by atoms with van der Waals surface area (Å²) >= 11 is 5.25. The van der Waals surface area contributed by atoms with Gasteiger partial charge in [0.15, 0.2) is 5.11 Å². The molecule has 104 valence electrons. The number of nitrogens with zero attached hydrogens (tertiary/aromatic N) is 1. The van der Waals surface area contributed by atoms with Crippen LogP contribution in [0.25, 0.3) is 0 Å². The van der Waals surface area contributed by atoms with Crippen LogP contribution in [0.4, 0.5) is 5.69 Å². The summed E-state index contributed by atoms with van der Waals surface area (Å²) in [4.78, 5) is 4.11. The first kappa shape index (κ1) is 14.3. The van der Waals surface area contributed by atoms with Crippen molar-refractivity contribution in [2.45, 2.75) is 13.5 Å². The number of aryl methyl sites for hydroxylation is 1. The van der Waals surface area contributed by atoms with Crippen LogP contribution in [0.2, 0.25) is 0 Å². The first-order valence-electron chi connectivity index (χ1n) is 6.28. The molecule has 0 aliphatic carbocycles. The first-order valence-corrected chi connectivity index (χ1v) is 6.68. The van der Waals surface area contributed by atoms with Crippen LogP contribution in [-0.4, -0.2) is 17.2 Å². The van der Waals surface area contributed by atoms with E-state index in [-0.39, 0.29) is 0 Å². The Kier molecular flexibility index (Phi) is 4.90. The van der Waals surface area contributed by atoms with E-state index in [0.717, 1.165) is 5.69 Å². The maximum Gasteiger partial charge on any atom is 0.213 e. The number of hydrogen-bond donors (Lipinski definition) is 2. The van der Waals surface area contributed by atoms with Gasteiger partial charge in [0.2, 0.25) is 5.88 Å². The van der Waals surface area contributed by atoms with E-state index in [9.17, 15) is 0 Å². The van der Waals surface area contributed by atoms with E-state index in [0.29, 0.717) is 17.5 Å². The molecule has 0 aliphatic heterocycles. The van der Waals surface area contributed by atoms with Crippen LogP contribution in [0.15, 0.2) is 42.6 Å². The molecule has 1 aromatic heterocycles. The van der Waals surface area contributed by atoms with E-state index in [2.05, 4.69) is 40.7 Å². The maximum atomic E-state index is 5.25. The molecule has 0 saturated heterocycles. The fourth-order valence-electron chi connectivity index (χ4n) is 1.75. The van der Waals surface area contributed by atoms with Gasteiger partial charge in [-0.3, -0.25) is 0 Å². The van der Waals surface area contributed by atoms with E-state index in [4.69, 9.17) is 17.0 Å². The van der Waals surface area contributed by atoms with Crippen LogP contribution in [-0.2, 0) is 6.54 Å². The summed E-state index contributed by atoms with van der Waals surface area (Å²) in [7, 11) is 1.59. The normalized spacial score (nSPS) is 9.90. The SMILES string of the molecule is COc1ccc(NC(=S)NCc2cccc(C)c2)cn1. The first-order chi connectivity index (χ1) is 9.67. The average Bonchev–Trinajstić information content (AvgIpc) is 2.46. The predicted molar refractivity (Wildman–Crippen MR) is 85.0 cm³/mol. The zero-order valence-electron chi connectivity index (χ0n) is 11.5. The predicted octanol–water partition coefficient (Wildman–Crippen LogP) is 2.89. The summed E-state index contributed by atoms with van der Waals surface area (Å²) in [5, 5.41) is 6.81. The van der Waals surface area contributed by atoms with Crippen molar-refractivity contribution in [2.75, 3.05) is 12.4 Å². The lowest BCUT2D eigenvalue weighted by molar-refractivity contribution is 0.398. The Labute approximate surface area is 124 Å². The molecule has 20 heavy (non-hydrogen) atoms. The number of pyridine rings is 1. The van der Waals surface area contributed by atoms with Crippen molar-refractivity contribution in [2.24, 2.45) is 0 Å². The molecule has 0 atom stereocenters. The van der Waals surface area contributed by atoms with Crippen LogP contribution < -0.4 is 15.4 Å². The van der Waals surface area contributed by atoms with Crippen LogP contribution in [0, 0.1) is 6.92 Å².